The van der Waals surface area contributed by atoms with Gasteiger partial charge in [-0.2, -0.15) is 0 Å². The van der Waals surface area contributed by atoms with Crippen LogP contribution >= 0.6 is 0 Å². The van der Waals surface area contributed by atoms with Gasteiger partial charge in [-0.05, 0) is 30.7 Å². The lowest BCUT2D eigenvalue weighted by molar-refractivity contribution is -0.385. The lowest BCUT2D eigenvalue weighted by Gasteiger charge is -2.06. The first-order chi connectivity index (χ1) is 10.2. The van der Waals surface area contributed by atoms with E-state index in [0.717, 1.165) is 23.4 Å². The normalized spacial score (nSPS) is 10.3. The number of rotatable bonds is 7. The van der Waals surface area contributed by atoms with Crippen molar-refractivity contribution in [1.29, 1.82) is 0 Å². The van der Waals surface area contributed by atoms with E-state index in [0.29, 0.717) is 13.0 Å². The van der Waals surface area contributed by atoms with Gasteiger partial charge in [0.1, 0.15) is 5.75 Å². The molecule has 2 aromatic rings. The summed E-state index contributed by atoms with van der Waals surface area (Å²) in [5.41, 5.74) is 2.09. The van der Waals surface area contributed by atoms with Crippen LogP contribution in [0.1, 0.15) is 11.1 Å². The molecular weight excluding hydrogens is 268 g/mol. The molecule has 1 N–H and O–H groups in total. The van der Waals surface area contributed by atoms with Gasteiger partial charge in [-0.3, -0.25) is 10.1 Å². The van der Waals surface area contributed by atoms with E-state index >= 15 is 0 Å². The third kappa shape index (κ3) is 4.29. The first kappa shape index (κ1) is 15.0. The zero-order valence-electron chi connectivity index (χ0n) is 11.9. The molecule has 0 radical (unpaired) electrons. The van der Waals surface area contributed by atoms with Crippen molar-refractivity contribution in [1.82, 2.24) is 5.32 Å². The van der Waals surface area contributed by atoms with Crippen LogP contribution in [0.2, 0.25) is 0 Å². The molecule has 0 bridgehead atoms. The molecule has 5 nitrogen and oxygen atoms in total. The fourth-order valence-corrected chi connectivity index (χ4v) is 2.10. The number of nitro benzene ring substituents is 1. The molecule has 110 valence electrons. The number of nitro groups is 1. The fourth-order valence-electron chi connectivity index (χ4n) is 2.10. The summed E-state index contributed by atoms with van der Waals surface area (Å²) in [5.74, 6) is 0.832. The van der Waals surface area contributed by atoms with E-state index in [1.165, 1.54) is 0 Å². The number of hydrogen-bond donors (Lipinski definition) is 1. The van der Waals surface area contributed by atoms with Crippen LogP contribution in [0, 0.1) is 10.1 Å². The second kappa shape index (κ2) is 7.40. The second-order valence-corrected chi connectivity index (χ2v) is 4.66. The molecule has 5 heteroatoms. The van der Waals surface area contributed by atoms with Gasteiger partial charge < -0.3 is 10.1 Å². The summed E-state index contributed by atoms with van der Waals surface area (Å²) in [6, 6.07) is 14.7. The molecular formula is C16H18N2O3. The van der Waals surface area contributed by atoms with E-state index in [4.69, 9.17) is 4.74 Å². The van der Waals surface area contributed by atoms with E-state index in [1.54, 1.807) is 25.3 Å². The van der Waals surface area contributed by atoms with Crippen molar-refractivity contribution in [3.63, 3.8) is 0 Å². The van der Waals surface area contributed by atoms with Crippen molar-refractivity contribution < 1.29 is 9.66 Å². The van der Waals surface area contributed by atoms with Crippen molar-refractivity contribution in [2.75, 3.05) is 13.7 Å². The van der Waals surface area contributed by atoms with Gasteiger partial charge in [0.2, 0.25) is 0 Å². The molecule has 2 rings (SSSR count). The fraction of sp³-hybridized carbons (Fsp3) is 0.250. The van der Waals surface area contributed by atoms with Crippen LogP contribution in [0.15, 0.2) is 48.5 Å². The lowest BCUT2D eigenvalue weighted by Crippen LogP contribution is -2.17. The Morgan fingerprint density at radius 1 is 1.14 bits per heavy atom. The van der Waals surface area contributed by atoms with Crippen LogP contribution in [-0.2, 0) is 13.0 Å². The Morgan fingerprint density at radius 2 is 1.86 bits per heavy atom. The molecule has 0 unspecified atom stereocenters. The number of ether oxygens (including phenoxy) is 1. The van der Waals surface area contributed by atoms with Crippen LogP contribution in [-0.4, -0.2) is 18.6 Å². The summed E-state index contributed by atoms with van der Waals surface area (Å²) in [4.78, 5) is 10.6. The highest BCUT2D eigenvalue weighted by atomic mass is 16.6. The molecule has 2 aromatic carbocycles. The molecule has 21 heavy (non-hydrogen) atoms. The van der Waals surface area contributed by atoms with E-state index in [2.05, 4.69) is 5.32 Å². The molecule has 0 fully saturated rings. The Kier molecular flexibility index (Phi) is 5.29. The van der Waals surface area contributed by atoms with Crippen molar-refractivity contribution in [3.05, 3.63) is 69.8 Å². The van der Waals surface area contributed by atoms with Gasteiger partial charge in [0.05, 0.1) is 12.0 Å². The minimum Gasteiger partial charge on any atom is -0.497 e. The highest BCUT2D eigenvalue weighted by Crippen LogP contribution is 2.17. The zero-order valence-corrected chi connectivity index (χ0v) is 11.9. The quantitative estimate of drug-likeness (QED) is 0.483. The van der Waals surface area contributed by atoms with Gasteiger partial charge in [-0.1, -0.05) is 30.3 Å². The molecule has 0 aliphatic carbocycles. The van der Waals surface area contributed by atoms with Gasteiger partial charge in [0.15, 0.2) is 0 Å². The van der Waals surface area contributed by atoms with E-state index in [1.807, 2.05) is 30.3 Å². The first-order valence-electron chi connectivity index (χ1n) is 6.76. The second-order valence-electron chi connectivity index (χ2n) is 4.66. The van der Waals surface area contributed by atoms with E-state index < -0.39 is 0 Å². The Morgan fingerprint density at radius 3 is 2.52 bits per heavy atom. The monoisotopic (exact) mass is 286 g/mol. The lowest BCUT2D eigenvalue weighted by atomic mass is 10.1. The molecule has 0 amide bonds. The number of nitrogens with one attached hydrogen (secondary N) is 1. The van der Waals surface area contributed by atoms with E-state index in [9.17, 15) is 10.1 Å². The van der Waals surface area contributed by atoms with Crippen molar-refractivity contribution in [3.8, 4) is 5.75 Å². The smallest absolute Gasteiger partial charge is 0.272 e. The van der Waals surface area contributed by atoms with Crippen LogP contribution in [0.3, 0.4) is 0 Å². The Hall–Kier alpha value is -2.40. The number of hydrogen-bond acceptors (Lipinski definition) is 4. The maximum Gasteiger partial charge on any atom is 0.272 e. The molecule has 0 saturated heterocycles. The molecule has 0 spiro atoms. The summed E-state index contributed by atoms with van der Waals surface area (Å²) < 4.78 is 5.10. The Bertz CT molecular complexity index is 597. The number of nitrogens with zero attached hydrogens (tertiary/aromatic N) is 1. The number of methoxy groups -OCH3 is 1. The summed E-state index contributed by atoms with van der Waals surface area (Å²) in [7, 11) is 1.64. The molecule has 0 aromatic heterocycles. The Labute approximate surface area is 123 Å². The standard InChI is InChI=1S/C16H18N2O3/c1-21-15-8-6-13(7-9-15)12-17-11-10-14-4-2-3-5-16(14)18(19)20/h2-9,17H,10-12H2,1H3. The van der Waals surface area contributed by atoms with Gasteiger partial charge in [-0.25, -0.2) is 0 Å². The molecule has 0 heterocycles. The predicted octanol–water partition coefficient (Wildman–Crippen LogP) is 2.94. The highest BCUT2D eigenvalue weighted by molar-refractivity contribution is 5.39. The van der Waals surface area contributed by atoms with Crippen LogP contribution < -0.4 is 10.1 Å². The minimum atomic E-state index is -0.335. The average Bonchev–Trinajstić information content (AvgIpc) is 2.52. The van der Waals surface area contributed by atoms with Gasteiger partial charge in [0, 0.05) is 18.2 Å². The predicted molar refractivity (Wildman–Crippen MR) is 81.5 cm³/mol. The summed E-state index contributed by atoms with van der Waals surface area (Å²) in [6.45, 7) is 1.42. The maximum absolute atomic E-state index is 10.9. The number of benzene rings is 2. The van der Waals surface area contributed by atoms with Crippen LogP contribution in [0.4, 0.5) is 5.69 Å². The SMILES string of the molecule is COc1ccc(CNCCc2ccccc2[N+](=O)[O-])cc1. The molecule has 0 saturated carbocycles. The van der Waals surface area contributed by atoms with Gasteiger partial charge in [-0.15, -0.1) is 0 Å². The van der Waals surface area contributed by atoms with E-state index in [-0.39, 0.29) is 10.6 Å². The molecule has 0 atom stereocenters. The first-order valence-corrected chi connectivity index (χ1v) is 6.76. The highest BCUT2D eigenvalue weighted by Gasteiger charge is 2.11. The summed E-state index contributed by atoms with van der Waals surface area (Å²) in [5, 5.41) is 14.2. The third-order valence-corrected chi connectivity index (χ3v) is 3.25. The largest absolute Gasteiger partial charge is 0.497 e. The van der Waals surface area contributed by atoms with Crippen molar-refractivity contribution >= 4 is 5.69 Å². The topological polar surface area (TPSA) is 64.4 Å². The van der Waals surface area contributed by atoms with Crippen molar-refractivity contribution in [2.24, 2.45) is 0 Å². The number of para-hydroxylation sites is 1. The van der Waals surface area contributed by atoms with Gasteiger partial charge >= 0.3 is 0 Å². The van der Waals surface area contributed by atoms with Gasteiger partial charge in [0.25, 0.3) is 5.69 Å². The zero-order chi connectivity index (χ0) is 15.1. The molecule has 0 aliphatic rings. The average molecular weight is 286 g/mol. The maximum atomic E-state index is 10.9. The summed E-state index contributed by atoms with van der Waals surface area (Å²) in [6.07, 6.45) is 0.632. The third-order valence-electron chi connectivity index (χ3n) is 3.25. The minimum absolute atomic E-state index is 0.184. The van der Waals surface area contributed by atoms with Crippen LogP contribution in [0.25, 0.3) is 0 Å². The van der Waals surface area contributed by atoms with Crippen LogP contribution in [0.5, 0.6) is 5.75 Å². The van der Waals surface area contributed by atoms with Crippen molar-refractivity contribution in [2.45, 2.75) is 13.0 Å². The summed E-state index contributed by atoms with van der Waals surface area (Å²) >= 11 is 0. The molecule has 0 aliphatic heterocycles. The Balaban J connectivity index is 1.83.